The van der Waals surface area contributed by atoms with Gasteiger partial charge in [0, 0.05) is 14.6 Å². The summed E-state index contributed by atoms with van der Waals surface area (Å²) in [6.07, 6.45) is 0. The quantitative estimate of drug-likeness (QED) is 0.827. The lowest BCUT2D eigenvalue weighted by molar-refractivity contribution is 0.133. The highest BCUT2D eigenvalue weighted by Gasteiger charge is 2.09. The van der Waals surface area contributed by atoms with Gasteiger partial charge in [-0.1, -0.05) is 15.9 Å². The minimum Gasteiger partial charge on any atom is -0.380 e. The molecule has 1 unspecified atom stereocenters. The Bertz CT molecular complexity index is 306. The van der Waals surface area contributed by atoms with Gasteiger partial charge in [0.1, 0.15) is 0 Å². The topological polar surface area (TPSA) is 35.2 Å². The average molecular weight is 370 g/mol. The molecule has 0 saturated heterocycles. The van der Waals surface area contributed by atoms with E-state index in [4.69, 9.17) is 10.5 Å². The SMILES string of the molecule is CCOCC(N)c1cc(Br)ccc1I. The van der Waals surface area contributed by atoms with Crippen LogP contribution in [0.5, 0.6) is 0 Å². The molecular weight excluding hydrogens is 357 g/mol. The van der Waals surface area contributed by atoms with Gasteiger partial charge < -0.3 is 10.5 Å². The second kappa shape index (κ2) is 6.05. The van der Waals surface area contributed by atoms with Gasteiger partial charge in [-0.3, -0.25) is 0 Å². The van der Waals surface area contributed by atoms with Crippen LogP contribution in [0, 0.1) is 3.57 Å². The Kier molecular flexibility index (Phi) is 5.36. The lowest BCUT2D eigenvalue weighted by Crippen LogP contribution is -2.18. The summed E-state index contributed by atoms with van der Waals surface area (Å²) in [7, 11) is 0. The number of halogens is 2. The van der Waals surface area contributed by atoms with Gasteiger partial charge in [-0.05, 0) is 53.3 Å². The third kappa shape index (κ3) is 3.49. The van der Waals surface area contributed by atoms with E-state index in [1.807, 2.05) is 25.1 Å². The maximum Gasteiger partial charge on any atom is 0.0659 e. The molecule has 0 heterocycles. The maximum absolute atomic E-state index is 6.00. The Morgan fingerprint density at radius 1 is 1.57 bits per heavy atom. The van der Waals surface area contributed by atoms with Gasteiger partial charge in [-0.25, -0.2) is 0 Å². The molecule has 0 fully saturated rings. The maximum atomic E-state index is 6.00. The van der Waals surface area contributed by atoms with Crippen LogP contribution in [0.15, 0.2) is 22.7 Å². The summed E-state index contributed by atoms with van der Waals surface area (Å²) < 4.78 is 7.54. The van der Waals surface area contributed by atoms with E-state index in [-0.39, 0.29) is 6.04 Å². The van der Waals surface area contributed by atoms with Gasteiger partial charge >= 0.3 is 0 Å². The van der Waals surface area contributed by atoms with E-state index < -0.39 is 0 Å². The molecule has 0 aliphatic rings. The summed E-state index contributed by atoms with van der Waals surface area (Å²) in [5.41, 5.74) is 7.13. The van der Waals surface area contributed by atoms with Crippen molar-refractivity contribution in [1.82, 2.24) is 0 Å². The van der Waals surface area contributed by atoms with Crippen LogP contribution in [-0.2, 0) is 4.74 Å². The van der Waals surface area contributed by atoms with Crippen LogP contribution in [0.3, 0.4) is 0 Å². The first-order valence-corrected chi connectivity index (χ1v) is 6.30. The first-order valence-electron chi connectivity index (χ1n) is 4.43. The number of ether oxygens (including phenoxy) is 1. The van der Waals surface area contributed by atoms with E-state index >= 15 is 0 Å². The van der Waals surface area contributed by atoms with E-state index in [0.29, 0.717) is 13.2 Å². The van der Waals surface area contributed by atoms with Crippen molar-refractivity contribution in [3.05, 3.63) is 31.8 Å². The molecule has 78 valence electrons. The lowest BCUT2D eigenvalue weighted by atomic mass is 10.1. The Labute approximate surface area is 106 Å². The molecule has 1 rings (SSSR count). The predicted molar refractivity (Wildman–Crippen MR) is 70.3 cm³/mol. The molecular formula is C10H13BrINO. The molecule has 0 aromatic heterocycles. The van der Waals surface area contributed by atoms with E-state index in [1.165, 1.54) is 3.57 Å². The standard InChI is InChI=1S/C10H13BrINO/c1-2-14-6-10(13)8-5-7(11)3-4-9(8)12/h3-5,10H,2,6,13H2,1H3. The third-order valence-electron chi connectivity index (χ3n) is 1.86. The molecule has 2 nitrogen and oxygen atoms in total. The first-order chi connectivity index (χ1) is 6.65. The van der Waals surface area contributed by atoms with Crippen molar-refractivity contribution in [2.45, 2.75) is 13.0 Å². The summed E-state index contributed by atoms with van der Waals surface area (Å²) >= 11 is 5.72. The summed E-state index contributed by atoms with van der Waals surface area (Å²) in [4.78, 5) is 0. The highest BCUT2D eigenvalue weighted by atomic mass is 127. The van der Waals surface area contributed by atoms with Crippen LogP contribution in [0.1, 0.15) is 18.5 Å². The van der Waals surface area contributed by atoms with E-state index in [1.54, 1.807) is 0 Å². The molecule has 0 bridgehead atoms. The molecule has 1 atom stereocenters. The van der Waals surface area contributed by atoms with Crippen molar-refractivity contribution in [3.8, 4) is 0 Å². The van der Waals surface area contributed by atoms with Crippen LogP contribution in [0.4, 0.5) is 0 Å². The smallest absolute Gasteiger partial charge is 0.0659 e. The largest absolute Gasteiger partial charge is 0.380 e. The minimum absolute atomic E-state index is 0.0423. The fourth-order valence-electron chi connectivity index (χ4n) is 1.13. The molecule has 2 N–H and O–H groups in total. The molecule has 0 radical (unpaired) electrons. The number of hydrogen-bond donors (Lipinski definition) is 1. The summed E-state index contributed by atoms with van der Waals surface area (Å²) in [6, 6.07) is 6.06. The van der Waals surface area contributed by atoms with Crippen molar-refractivity contribution in [2.24, 2.45) is 5.73 Å². The van der Waals surface area contributed by atoms with E-state index in [2.05, 4.69) is 38.5 Å². The Balaban J connectivity index is 2.77. The molecule has 14 heavy (non-hydrogen) atoms. The predicted octanol–water partition coefficient (Wildman–Crippen LogP) is 3.09. The van der Waals surface area contributed by atoms with Gasteiger partial charge in [-0.2, -0.15) is 0 Å². The molecule has 0 amide bonds. The second-order valence-corrected chi connectivity index (χ2v) is 5.01. The highest BCUT2D eigenvalue weighted by Crippen LogP contribution is 2.23. The monoisotopic (exact) mass is 369 g/mol. The summed E-state index contributed by atoms with van der Waals surface area (Å²) in [6.45, 7) is 3.25. The van der Waals surface area contributed by atoms with Gasteiger partial charge in [0.15, 0.2) is 0 Å². The zero-order valence-electron chi connectivity index (χ0n) is 7.97. The average Bonchev–Trinajstić information content (AvgIpc) is 2.18. The fourth-order valence-corrected chi connectivity index (χ4v) is 2.25. The van der Waals surface area contributed by atoms with Gasteiger partial charge in [0.2, 0.25) is 0 Å². The number of hydrogen-bond acceptors (Lipinski definition) is 2. The van der Waals surface area contributed by atoms with Gasteiger partial charge in [-0.15, -0.1) is 0 Å². The zero-order chi connectivity index (χ0) is 10.6. The van der Waals surface area contributed by atoms with E-state index in [0.717, 1.165) is 10.0 Å². The Morgan fingerprint density at radius 3 is 2.93 bits per heavy atom. The number of nitrogens with two attached hydrogens (primary N) is 1. The van der Waals surface area contributed by atoms with Crippen molar-refractivity contribution in [1.29, 1.82) is 0 Å². The summed E-state index contributed by atoms with van der Waals surface area (Å²) in [5.74, 6) is 0. The lowest BCUT2D eigenvalue weighted by Gasteiger charge is -2.13. The number of rotatable bonds is 4. The van der Waals surface area contributed by atoms with Crippen molar-refractivity contribution >= 4 is 38.5 Å². The second-order valence-electron chi connectivity index (χ2n) is 2.93. The van der Waals surface area contributed by atoms with Crippen LogP contribution < -0.4 is 5.73 Å². The van der Waals surface area contributed by atoms with Gasteiger partial charge in [0.05, 0.1) is 12.6 Å². The molecule has 0 aliphatic heterocycles. The molecule has 0 saturated carbocycles. The molecule has 1 aromatic rings. The Hall–Kier alpha value is 0.350. The zero-order valence-corrected chi connectivity index (χ0v) is 11.7. The normalized spacial score (nSPS) is 12.9. The van der Waals surface area contributed by atoms with E-state index in [9.17, 15) is 0 Å². The van der Waals surface area contributed by atoms with Crippen LogP contribution in [0.2, 0.25) is 0 Å². The van der Waals surface area contributed by atoms with Gasteiger partial charge in [0.25, 0.3) is 0 Å². The van der Waals surface area contributed by atoms with Crippen molar-refractivity contribution in [2.75, 3.05) is 13.2 Å². The summed E-state index contributed by atoms with van der Waals surface area (Å²) in [5, 5.41) is 0. The number of benzene rings is 1. The first kappa shape index (κ1) is 12.4. The minimum atomic E-state index is -0.0423. The molecule has 4 heteroatoms. The fraction of sp³-hybridized carbons (Fsp3) is 0.400. The molecule has 0 spiro atoms. The van der Waals surface area contributed by atoms with Crippen LogP contribution >= 0.6 is 38.5 Å². The van der Waals surface area contributed by atoms with Crippen LogP contribution in [0.25, 0.3) is 0 Å². The molecule has 0 aliphatic carbocycles. The van der Waals surface area contributed by atoms with Crippen molar-refractivity contribution < 1.29 is 4.74 Å². The highest BCUT2D eigenvalue weighted by molar-refractivity contribution is 14.1. The Morgan fingerprint density at radius 2 is 2.29 bits per heavy atom. The molecule has 1 aromatic carbocycles. The van der Waals surface area contributed by atoms with Crippen LogP contribution in [-0.4, -0.2) is 13.2 Å². The third-order valence-corrected chi connectivity index (χ3v) is 3.33. The van der Waals surface area contributed by atoms with Crippen molar-refractivity contribution in [3.63, 3.8) is 0 Å².